The van der Waals surface area contributed by atoms with E-state index < -0.39 is 23.6 Å². The third-order valence-electron chi connectivity index (χ3n) is 5.41. The molecule has 8 nitrogen and oxygen atoms in total. The molecule has 2 aromatic heterocycles. The number of hydrogen-bond donors (Lipinski definition) is 2. The summed E-state index contributed by atoms with van der Waals surface area (Å²) in [6, 6.07) is 13.8. The number of carbonyl (C=O) groups is 3. The first kappa shape index (κ1) is 22.4. The number of aryl methyl sites for hydroxylation is 3. The van der Waals surface area contributed by atoms with Crippen LogP contribution in [0.4, 0.5) is 0 Å². The van der Waals surface area contributed by atoms with Gasteiger partial charge >= 0.3 is 0 Å². The first-order valence-electron chi connectivity index (χ1n) is 11.0. The Balaban J connectivity index is 1.61. The van der Waals surface area contributed by atoms with Crippen LogP contribution in [0.2, 0.25) is 0 Å². The zero-order valence-electron chi connectivity index (χ0n) is 19.0. The second-order valence-electron chi connectivity index (χ2n) is 8.55. The quantitative estimate of drug-likeness (QED) is 0.518. The Morgan fingerprint density at radius 3 is 2.42 bits per heavy atom. The fraction of sp³-hybridized carbons (Fsp3) is 0.320. The van der Waals surface area contributed by atoms with Gasteiger partial charge in [-0.15, -0.1) is 0 Å². The highest BCUT2D eigenvalue weighted by Crippen LogP contribution is 2.19. The summed E-state index contributed by atoms with van der Waals surface area (Å²) < 4.78 is 1.47. The number of carbonyl (C=O) groups excluding carboxylic acids is 3. The molecule has 2 N–H and O–H groups in total. The second kappa shape index (κ2) is 9.36. The zero-order chi connectivity index (χ0) is 23.5. The molecule has 0 spiro atoms. The number of rotatable bonds is 8. The zero-order valence-corrected chi connectivity index (χ0v) is 19.0. The molecule has 8 heteroatoms. The van der Waals surface area contributed by atoms with E-state index >= 15 is 0 Å². The van der Waals surface area contributed by atoms with Crippen molar-refractivity contribution in [3.63, 3.8) is 0 Å². The topological polar surface area (TPSA) is 106 Å². The molecule has 170 valence electrons. The fourth-order valence-electron chi connectivity index (χ4n) is 3.70. The van der Waals surface area contributed by atoms with Crippen molar-refractivity contribution in [2.24, 2.45) is 0 Å². The molecule has 4 rings (SSSR count). The maximum Gasteiger partial charge on any atom is 0.289 e. The fourth-order valence-corrected chi connectivity index (χ4v) is 3.70. The lowest BCUT2D eigenvalue weighted by Gasteiger charge is -2.18. The predicted octanol–water partition coefficient (Wildman–Crippen LogP) is 2.38. The Morgan fingerprint density at radius 1 is 1.03 bits per heavy atom. The Bertz CT molecular complexity index is 1180. The molecule has 1 atom stereocenters. The highest BCUT2D eigenvalue weighted by atomic mass is 16.2. The van der Waals surface area contributed by atoms with Gasteiger partial charge in [0.15, 0.2) is 5.82 Å². The molecular weight excluding hydrogens is 418 g/mol. The van der Waals surface area contributed by atoms with Crippen molar-refractivity contribution in [2.45, 2.75) is 52.1 Å². The Morgan fingerprint density at radius 2 is 1.76 bits per heavy atom. The molecule has 1 aromatic carbocycles. The van der Waals surface area contributed by atoms with Crippen LogP contribution >= 0.6 is 0 Å². The van der Waals surface area contributed by atoms with E-state index in [1.807, 2.05) is 56.3 Å². The van der Waals surface area contributed by atoms with Gasteiger partial charge in [0.1, 0.15) is 11.7 Å². The van der Waals surface area contributed by atoms with Gasteiger partial charge in [0.05, 0.1) is 5.69 Å². The number of hydrogen-bond acceptors (Lipinski definition) is 5. The van der Waals surface area contributed by atoms with E-state index in [0.717, 1.165) is 29.7 Å². The summed E-state index contributed by atoms with van der Waals surface area (Å²) in [6.07, 6.45) is 1.95. The van der Waals surface area contributed by atoms with Crippen molar-refractivity contribution in [3.05, 3.63) is 76.7 Å². The Labute approximate surface area is 192 Å². The van der Waals surface area contributed by atoms with Crippen molar-refractivity contribution in [1.29, 1.82) is 0 Å². The SMILES string of the molecule is Cc1cc(C)nc(-n2nc(C)cc2C(=O)NC(Cc2ccccc2)C(=O)C(=O)NC2CC2)c1. The summed E-state index contributed by atoms with van der Waals surface area (Å²) in [5.74, 6) is -1.31. The number of amides is 2. The molecule has 1 fully saturated rings. The van der Waals surface area contributed by atoms with Crippen LogP contribution in [-0.2, 0) is 16.0 Å². The van der Waals surface area contributed by atoms with Crippen molar-refractivity contribution >= 4 is 17.6 Å². The van der Waals surface area contributed by atoms with Crippen molar-refractivity contribution in [1.82, 2.24) is 25.4 Å². The lowest BCUT2D eigenvalue weighted by Crippen LogP contribution is -2.49. The van der Waals surface area contributed by atoms with Gasteiger partial charge in [0.2, 0.25) is 5.78 Å². The van der Waals surface area contributed by atoms with Gasteiger partial charge in [-0.2, -0.15) is 5.10 Å². The number of aromatic nitrogens is 3. The molecule has 0 bridgehead atoms. The molecule has 33 heavy (non-hydrogen) atoms. The Hall–Kier alpha value is -3.81. The third-order valence-corrected chi connectivity index (χ3v) is 5.41. The average Bonchev–Trinajstić information content (AvgIpc) is 3.50. The number of Topliss-reactive ketones (excluding diaryl/α,β-unsaturated/α-hetero) is 1. The minimum Gasteiger partial charge on any atom is -0.347 e. The number of benzene rings is 1. The van der Waals surface area contributed by atoms with Gasteiger partial charge in [0, 0.05) is 18.2 Å². The number of nitrogens with one attached hydrogen (secondary N) is 2. The van der Waals surface area contributed by atoms with Gasteiger partial charge in [0.25, 0.3) is 11.8 Å². The summed E-state index contributed by atoms with van der Waals surface area (Å²) in [5, 5.41) is 9.92. The van der Waals surface area contributed by atoms with Gasteiger partial charge in [-0.05, 0) is 62.9 Å². The molecule has 0 saturated heterocycles. The molecule has 1 aliphatic carbocycles. The number of pyridine rings is 1. The van der Waals surface area contributed by atoms with E-state index in [9.17, 15) is 14.4 Å². The van der Waals surface area contributed by atoms with Crippen molar-refractivity contribution < 1.29 is 14.4 Å². The minimum absolute atomic E-state index is 0.0502. The minimum atomic E-state index is -1.01. The van der Waals surface area contributed by atoms with Crippen molar-refractivity contribution in [2.75, 3.05) is 0 Å². The van der Waals surface area contributed by atoms with Gasteiger partial charge < -0.3 is 10.6 Å². The number of ketones is 1. The van der Waals surface area contributed by atoms with E-state index in [-0.39, 0.29) is 18.2 Å². The first-order valence-corrected chi connectivity index (χ1v) is 11.0. The van der Waals surface area contributed by atoms with Crippen LogP contribution in [0, 0.1) is 20.8 Å². The molecule has 3 aromatic rings. The van der Waals surface area contributed by atoms with Crippen LogP contribution < -0.4 is 10.6 Å². The van der Waals surface area contributed by atoms with E-state index in [2.05, 4.69) is 20.7 Å². The van der Waals surface area contributed by atoms with Gasteiger partial charge in [-0.1, -0.05) is 30.3 Å². The van der Waals surface area contributed by atoms with E-state index in [4.69, 9.17) is 0 Å². The third kappa shape index (κ3) is 5.52. The lowest BCUT2D eigenvalue weighted by atomic mass is 10.0. The van der Waals surface area contributed by atoms with Crippen LogP contribution in [0.15, 0.2) is 48.5 Å². The van der Waals surface area contributed by atoms with Crippen LogP contribution in [-0.4, -0.2) is 44.4 Å². The highest BCUT2D eigenvalue weighted by Gasteiger charge is 2.32. The van der Waals surface area contributed by atoms with E-state index in [1.165, 1.54) is 4.68 Å². The molecule has 2 amide bonds. The summed E-state index contributed by atoms with van der Waals surface area (Å²) in [7, 11) is 0. The van der Waals surface area contributed by atoms with Crippen molar-refractivity contribution in [3.8, 4) is 5.82 Å². The average molecular weight is 446 g/mol. The maximum atomic E-state index is 13.3. The van der Waals surface area contributed by atoms with Crippen LogP contribution in [0.25, 0.3) is 5.82 Å². The maximum absolute atomic E-state index is 13.3. The largest absolute Gasteiger partial charge is 0.347 e. The summed E-state index contributed by atoms with van der Waals surface area (Å²) >= 11 is 0. The summed E-state index contributed by atoms with van der Waals surface area (Å²) in [4.78, 5) is 43.2. The molecule has 1 aliphatic rings. The van der Waals surface area contributed by atoms with Crippen LogP contribution in [0.3, 0.4) is 0 Å². The van der Waals surface area contributed by atoms with Crippen LogP contribution in [0.1, 0.15) is 45.8 Å². The van der Waals surface area contributed by atoms with Crippen LogP contribution in [0.5, 0.6) is 0 Å². The predicted molar refractivity (Wildman–Crippen MR) is 123 cm³/mol. The Kier molecular flexibility index (Phi) is 6.35. The molecular formula is C25H27N5O3. The molecule has 0 aliphatic heterocycles. The van der Waals surface area contributed by atoms with Gasteiger partial charge in [-0.25, -0.2) is 9.67 Å². The molecule has 1 saturated carbocycles. The first-order chi connectivity index (χ1) is 15.8. The molecule has 0 radical (unpaired) electrons. The standard InChI is InChI=1S/C25H27N5O3/c1-15-11-16(2)26-22(12-15)30-21(13-17(3)29-30)24(32)28-20(14-18-7-5-4-6-8-18)23(31)25(33)27-19-9-10-19/h4-8,11-13,19-20H,9-10,14H2,1-3H3,(H,27,33)(H,28,32). The summed E-state index contributed by atoms with van der Waals surface area (Å²) in [6.45, 7) is 5.60. The van der Waals surface area contributed by atoms with E-state index in [0.29, 0.717) is 11.5 Å². The van der Waals surface area contributed by atoms with Gasteiger partial charge in [-0.3, -0.25) is 14.4 Å². The van der Waals surface area contributed by atoms with E-state index in [1.54, 1.807) is 13.0 Å². The second-order valence-corrected chi connectivity index (χ2v) is 8.55. The molecule has 1 unspecified atom stereocenters. The highest BCUT2D eigenvalue weighted by molar-refractivity contribution is 6.38. The lowest BCUT2D eigenvalue weighted by molar-refractivity contribution is -0.139. The normalized spacial score (nSPS) is 13.9. The summed E-state index contributed by atoms with van der Waals surface area (Å²) in [5.41, 5.74) is 3.53. The number of nitrogens with zero attached hydrogens (tertiary/aromatic N) is 3. The molecule has 2 heterocycles. The smallest absolute Gasteiger partial charge is 0.289 e. The monoisotopic (exact) mass is 445 g/mol.